The third-order valence-corrected chi connectivity index (χ3v) is 6.65. The van der Waals surface area contributed by atoms with Crippen molar-refractivity contribution in [2.45, 2.75) is 12.6 Å². The first kappa shape index (κ1) is 23.7. The van der Waals surface area contributed by atoms with E-state index in [-0.39, 0.29) is 29.4 Å². The van der Waals surface area contributed by atoms with Gasteiger partial charge in [-0.2, -0.15) is 0 Å². The number of aromatic nitrogens is 1. The molecule has 1 saturated heterocycles. The monoisotopic (exact) mass is 552 g/mol. The summed E-state index contributed by atoms with van der Waals surface area (Å²) in [6.45, 7) is 0.862. The predicted octanol–water partition coefficient (Wildman–Crippen LogP) is 3.95. The summed E-state index contributed by atoms with van der Waals surface area (Å²) in [7, 11) is 1.40. The first-order chi connectivity index (χ1) is 17.4. The minimum atomic E-state index is -0.961. The molecule has 1 unspecified atom stereocenters. The van der Waals surface area contributed by atoms with E-state index in [1.165, 1.54) is 18.1 Å². The number of carbonyl (C=O) groups is 2. The largest absolute Gasteiger partial charge is 0.507 e. The molecule has 3 heterocycles. The SMILES string of the molecule is COc1cc(C2C(=C(O)c3ccc4c(c3)OCCO4)C(=O)C(=O)N2Cc2ccncc2)cc(Br)c1O. The summed E-state index contributed by atoms with van der Waals surface area (Å²) in [5.74, 6) is -0.964. The number of pyridine rings is 1. The normalized spacial score (nSPS) is 18.4. The van der Waals surface area contributed by atoms with Crippen molar-refractivity contribution in [3.8, 4) is 23.0 Å². The lowest BCUT2D eigenvalue weighted by Crippen LogP contribution is -2.29. The number of rotatable bonds is 5. The number of phenols is 1. The number of hydrogen-bond donors (Lipinski definition) is 2. The third kappa shape index (κ3) is 4.13. The zero-order chi connectivity index (χ0) is 25.4. The molecule has 10 heteroatoms. The number of benzene rings is 2. The summed E-state index contributed by atoms with van der Waals surface area (Å²) in [6.07, 6.45) is 3.19. The number of amides is 1. The molecule has 0 bridgehead atoms. The summed E-state index contributed by atoms with van der Waals surface area (Å²) in [4.78, 5) is 32.0. The van der Waals surface area contributed by atoms with Gasteiger partial charge in [0.2, 0.25) is 0 Å². The van der Waals surface area contributed by atoms with E-state index in [1.807, 2.05) is 0 Å². The standard InChI is InChI=1S/C26H21BrN2O7/c1-34-20-12-16(10-17(27)24(20)31)22-21(23(30)15-2-3-18-19(11-15)36-9-8-35-18)25(32)26(33)29(22)13-14-4-6-28-7-5-14/h2-7,10-12,22,30-31H,8-9,13H2,1H3. The van der Waals surface area contributed by atoms with E-state index in [4.69, 9.17) is 14.2 Å². The maximum absolute atomic E-state index is 13.3. The van der Waals surface area contributed by atoms with Crippen molar-refractivity contribution < 1.29 is 34.0 Å². The summed E-state index contributed by atoms with van der Waals surface area (Å²) >= 11 is 3.31. The molecule has 1 atom stereocenters. The van der Waals surface area contributed by atoms with Crippen LogP contribution in [0.4, 0.5) is 0 Å². The smallest absolute Gasteiger partial charge is 0.295 e. The fourth-order valence-corrected chi connectivity index (χ4v) is 4.79. The van der Waals surface area contributed by atoms with Gasteiger partial charge in [-0.25, -0.2) is 0 Å². The number of ether oxygens (including phenoxy) is 3. The number of methoxy groups -OCH3 is 1. The average Bonchev–Trinajstić information content (AvgIpc) is 3.15. The predicted molar refractivity (Wildman–Crippen MR) is 132 cm³/mol. The molecule has 0 radical (unpaired) electrons. The van der Waals surface area contributed by atoms with Gasteiger partial charge in [0.15, 0.2) is 23.0 Å². The number of Topliss-reactive ketones (excluding diaryl/α,β-unsaturated/α-hetero) is 1. The van der Waals surface area contributed by atoms with Crippen molar-refractivity contribution in [2.75, 3.05) is 20.3 Å². The van der Waals surface area contributed by atoms with E-state index in [9.17, 15) is 19.8 Å². The average molecular weight is 553 g/mol. The molecule has 3 aromatic rings. The van der Waals surface area contributed by atoms with Crippen molar-refractivity contribution in [1.82, 2.24) is 9.88 Å². The van der Waals surface area contributed by atoms with Gasteiger partial charge in [-0.1, -0.05) is 0 Å². The molecule has 184 valence electrons. The second kappa shape index (κ2) is 9.54. The lowest BCUT2D eigenvalue weighted by atomic mass is 9.94. The van der Waals surface area contributed by atoms with E-state index < -0.39 is 17.7 Å². The Morgan fingerprint density at radius 3 is 2.56 bits per heavy atom. The highest BCUT2D eigenvalue weighted by Crippen LogP contribution is 2.45. The molecule has 5 rings (SSSR count). The van der Waals surface area contributed by atoms with Gasteiger partial charge in [0.05, 0.1) is 23.2 Å². The first-order valence-corrected chi connectivity index (χ1v) is 11.8. The number of carbonyl (C=O) groups excluding carboxylic acids is 2. The zero-order valence-electron chi connectivity index (χ0n) is 19.1. The molecule has 1 aromatic heterocycles. The zero-order valence-corrected chi connectivity index (χ0v) is 20.7. The highest BCUT2D eigenvalue weighted by atomic mass is 79.9. The van der Waals surface area contributed by atoms with Crippen LogP contribution < -0.4 is 14.2 Å². The van der Waals surface area contributed by atoms with Crippen LogP contribution in [0.5, 0.6) is 23.0 Å². The summed E-state index contributed by atoms with van der Waals surface area (Å²) in [5, 5.41) is 21.7. The van der Waals surface area contributed by atoms with Gasteiger partial charge in [0.1, 0.15) is 19.0 Å². The number of hydrogen-bond acceptors (Lipinski definition) is 8. The van der Waals surface area contributed by atoms with Crippen LogP contribution in [-0.4, -0.2) is 52.1 Å². The Morgan fingerprint density at radius 1 is 1.11 bits per heavy atom. The van der Waals surface area contributed by atoms with E-state index in [1.54, 1.807) is 48.8 Å². The van der Waals surface area contributed by atoms with Crippen LogP contribution in [0, 0.1) is 0 Å². The molecule has 0 spiro atoms. The van der Waals surface area contributed by atoms with E-state index in [0.29, 0.717) is 40.3 Å². The number of halogens is 1. The van der Waals surface area contributed by atoms with Gasteiger partial charge >= 0.3 is 0 Å². The molecule has 1 amide bonds. The van der Waals surface area contributed by atoms with E-state index >= 15 is 0 Å². The highest BCUT2D eigenvalue weighted by molar-refractivity contribution is 9.10. The summed E-state index contributed by atoms with van der Waals surface area (Å²) in [6, 6.07) is 10.5. The van der Waals surface area contributed by atoms with Crippen molar-refractivity contribution >= 4 is 33.4 Å². The fraction of sp³-hybridized carbons (Fsp3) is 0.192. The van der Waals surface area contributed by atoms with Crippen LogP contribution in [0.2, 0.25) is 0 Å². The van der Waals surface area contributed by atoms with Gasteiger partial charge in [-0.15, -0.1) is 0 Å². The van der Waals surface area contributed by atoms with Crippen molar-refractivity contribution in [1.29, 1.82) is 0 Å². The Hall–Kier alpha value is -4.05. The van der Waals surface area contributed by atoms with Gasteiger partial charge in [-0.05, 0) is 69.5 Å². The number of aromatic hydroxyl groups is 1. The van der Waals surface area contributed by atoms with Crippen LogP contribution in [0.15, 0.2) is 64.9 Å². The maximum atomic E-state index is 13.3. The van der Waals surface area contributed by atoms with E-state index in [2.05, 4.69) is 20.9 Å². The molecular formula is C26H21BrN2O7. The Balaban J connectivity index is 1.68. The Labute approximate surface area is 214 Å². The quantitative estimate of drug-likeness (QED) is 0.277. The Bertz CT molecular complexity index is 1390. The number of phenolic OH excluding ortho intramolecular Hbond substituents is 1. The van der Waals surface area contributed by atoms with Crippen LogP contribution in [0.25, 0.3) is 5.76 Å². The highest BCUT2D eigenvalue weighted by Gasteiger charge is 2.46. The Kier molecular flexibility index (Phi) is 6.27. The number of likely N-dealkylation sites (tertiary alicyclic amines) is 1. The van der Waals surface area contributed by atoms with Crippen LogP contribution >= 0.6 is 15.9 Å². The molecule has 0 saturated carbocycles. The molecule has 0 aliphatic carbocycles. The number of ketones is 1. The molecule has 2 aliphatic heterocycles. The lowest BCUT2D eigenvalue weighted by molar-refractivity contribution is -0.140. The van der Waals surface area contributed by atoms with Gasteiger partial charge in [0, 0.05) is 24.5 Å². The third-order valence-electron chi connectivity index (χ3n) is 6.04. The first-order valence-electron chi connectivity index (χ1n) is 11.0. The van der Waals surface area contributed by atoms with Crippen LogP contribution in [-0.2, 0) is 16.1 Å². The van der Waals surface area contributed by atoms with Crippen molar-refractivity contribution in [3.05, 3.63) is 81.6 Å². The van der Waals surface area contributed by atoms with E-state index in [0.717, 1.165) is 5.56 Å². The van der Waals surface area contributed by atoms with Gasteiger partial charge in [0.25, 0.3) is 11.7 Å². The topological polar surface area (TPSA) is 118 Å². The maximum Gasteiger partial charge on any atom is 0.295 e. The molecule has 9 nitrogen and oxygen atoms in total. The number of fused-ring (bicyclic) bond motifs is 1. The van der Waals surface area contributed by atoms with Crippen LogP contribution in [0.3, 0.4) is 0 Å². The number of aliphatic hydroxyl groups is 1. The van der Waals surface area contributed by atoms with Crippen molar-refractivity contribution in [2.24, 2.45) is 0 Å². The molecule has 2 aromatic carbocycles. The van der Waals surface area contributed by atoms with Crippen LogP contribution in [0.1, 0.15) is 22.7 Å². The molecular weight excluding hydrogens is 532 g/mol. The second-order valence-corrected chi connectivity index (χ2v) is 9.05. The van der Waals surface area contributed by atoms with Gasteiger partial charge in [-0.3, -0.25) is 14.6 Å². The minimum Gasteiger partial charge on any atom is -0.507 e. The van der Waals surface area contributed by atoms with Crippen molar-refractivity contribution in [3.63, 3.8) is 0 Å². The molecule has 36 heavy (non-hydrogen) atoms. The Morgan fingerprint density at radius 2 is 1.83 bits per heavy atom. The number of aliphatic hydroxyl groups excluding tert-OH is 1. The summed E-state index contributed by atoms with van der Waals surface area (Å²) in [5.41, 5.74) is 1.42. The number of nitrogens with zero attached hydrogens (tertiary/aromatic N) is 2. The summed E-state index contributed by atoms with van der Waals surface area (Å²) < 4.78 is 16.8. The second-order valence-electron chi connectivity index (χ2n) is 8.19. The van der Waals surface area contributed by atoms with Gasteiger partial charge < -0.3 is 29.3 Å². The minimum absolute atomic E-state index is 0.0922. The molecule has 2 aliphatic rings. The lowest BCUT2D eigenvalue weighted by Gasteiger charge is -2.26. The fourth-order valence-electron chi connectivity index (χ4n) is 4.33. The molecule has 2 N–H and O–H groups in total. The molecule has 1 fully saturated rings.